The molecule has 0 unspecified atom stereocenters. The second kappa shape index (κ2) is 12.9. The van der Waals surface area contributed by atoms with Crippen molar-refractivity contribution in [3.05, 3.63) is 84.2 Å². The van der Waals surface area contributed by atoms with Crippen LogP contribution in [-0.2, 0) is 0 Å². The van der Waals surface area contributed by atoms with Crippen LogP contribution in [0.15, 0.2) is 84.2 Å². The molecule has 0 aliphatic rings. The van der Waals surface area contributed by atoms with Gasteiger partial charge < -0.3 is 0 Å². The molecule has 0 bridgehead atoms. The van der Waals surface area contributed by atoms with E-state index >= 15 is 0 Å². The molecule has 0 amide bonds. The van der Waals surface area contributed by atoms with Gasteiger partial charge in [-0.3, -0.25) is 0 Å². The average molecular weight is 443 g/mol. The van der Waals surface area contributed by atoms with Gasteiger partial charge in [-0.25, -0.2) is 0 Å². The Kier molecular flexibility index (Phi) is 10.5. The normalized spacial score (nSPS) is 9.71. The molecule has 5 aromatic rings. The number of hydrogen-bond acceptors (Lipinski definition) is 4. The second-order valence-electron chi connectivity index (χ2n) is 5.87. The van der Waals surface area contributed by atoms with E-state index in [0.717, 1.165) is 0 Å². The van der Waals surface area contributed by atoms with Gasteiger partial charge in [0, 0.05) is 24.9 Å². The van der Waals surface area contributed by atoms with Crippen molar-refractivity contribution >= 4 is 76.5 Å². The molecule has 0 atom stereocenters. The third-order valence-corrected chi connectivity index (χ3v) is 5.70. The quantitative estimate of drug-likeness (QED) is 0.235. The first-order valence-electron chi connectivity index (χ1n) is 8.84. The van der Waals surface area contributed by atoms with E-state index in [-0.39, 0.29) is 0 Å². The van der Waals surface area contributed by atoms with Gasteiger partial charge in [-0.1, -0.05) is 54.6 Å². The Balaban J connectivity index is 0.000000163. The maximum Gasteiger partial charge on any atom is 0.0355 e. The number of thioether (sulfide) groups is 2. The highest BCUT2D eigenvalue weighted by Crippen LogP contribution is 2.32. The summed E-state index contributed by atoms with van der Waals surface area (Å²) >= 11 is 7.15. The molecule has 28 heavy (non-hydrogen) atoms. The van der Waals surface area contributed by atoms with Crippen molar-refractivity contribution in [2.45, 2.75) is 0 Å². The molecule has 0 saturated heterocycles. The Bertz CT molecular complexity index is 993. The zero-order valence-electron chi connectivity index (χ0n) is 16.7. The molecular formula is C24H26S4. The van der Waals surface area contributed by atoms with Gasteiger partial charge in [0.15, 0.2) is 0 Å². The largest absolute Gasteiger partial charge is 0.169 e. The van der Waals surface area contributed by atoms with Gasteiger partial charge in [0.25, 0.3) is 0 Å². The summed E-state index contributed by atoms with van der Waals surface area (Å²) in [4.78, 5) is 0. The van der Waals surface area contributed by atoms with E-state index in [0.29, 0.717) is 0 Å². The lowest BCUT2D eigenvalue weighted by molar-refractivity contribution is 1.84. The Morgan fingerprint density at radius 2 is 0.964 bits per heavy atom. The molecule has 146 valence electrons. The van der Waals surface area contributed by atoms with Crippen LogP contribution < -0.4 is 0 Å². The van der Waals surface area contributed by atoms with E-state index in [1.54, 1.807) is 34.9 Å². The van der Waals surface area contributed by atoms with Gasteiger partial charge in [0.2, 0.25) is 0 Å². The number of fused-ring (bicyclic) bond motifs is 4. The molecule has 3 aromatic carbocycles. The summed E-state index contributed by atoms with van der Waals surface area (Å²) in [6, 6.07) is 27.7. The smallest absolute Gasteiger partial charge is 0.0355 e. The Morgan fingerprint density at radius 3 is 1.46 bits per heavy atom. The first kappa shape index (κ1) is 22.8. The predicted octanol–water partition coefficient (Wildman–Crippen LogP) is 8.91. The summed E-state index contributed by atoms with van der Waals surface area (Å²) in [5.74, 6) is 0. The van der Waals surface area contributed by atoms with Crippen molar-refractivity contribution in [1.82, 2.24) is 0 Å². The molecule has 0 N–H and O–H groups in total. The Hall–Kier alpha value is -1.46. The van der Waals surface area contributed by atoms with Gasteiger partial charge in [-0.2, -0.15) is 23.5 Å². The number of rotatable bonds is 0. The second-order valence-corrected chi connectivity index (χ2v) is 9.53. The van der Waals surface area contributed by atoms with E-state index in [2.05, 4.69) is 84.2 Å². The molecule has 0 aliphatic carbocycles. The van der Waals surface area contributed by atoms with Gasteiger partial charge in [-0.15, -0.1) is 22.7 Å². The van der Waals surface area contributed by atoms with Crippen LogP contribution in [0.25, 0.3) is 30.3 Å². The number of benzene rings is 3. The summed E-state index contributed by atoms with van der Waals surface area (Å²) in [7, 11) is 0. The molecule has 2 heterocycles. The molecule has 0 spiro atoms. The number of hydrogen-bond donors (Lipinski definition) is 0. The van der Waals surface area contributed by atoms with Crippen molar-refractivity contribution < 1.29 is 0 Å². The number of thiophene rings is 2. The summed E-state index contributed by atoms with van der Waals surface area (Å²) in [6.07, 6.45) is 8.17. The third-order valence-electron chi connectivity index (χ3n) is 3.65. The van der Waals surface area contributed by atoms with Crippen LogP contribution >= 0.6 is 46.2 Å². The predicted molar refractivity (Wildman–Crippen MR) is 140 cm³/mol. The fraction of sp³-hybridized carbons (Fsp3) is 0.167. The first-order valence-corrected chi connectivity index (χ1v) is 13.8. The monoisotopic (exact) mass is 442 g/mol. The maximum absolute atomic E-state index is 2.19. The fourth-order valence-corrected chi connectivity index (χ4v) is 4.48. The highest BCUT2D eigenvalue weighted by atomic mass is 32.2. The van der Waals surface area contributed by atoms with Gasteiger partial charge in [-0.05, 0) is 60.1 Å². The minimum absolute atomic E-state index is 1.35. The summed E-state index contributed by atoms with van der Waals surface area (Å²) in [6.45, 7) is 0. The molecule has 0 saturated carbocycles. The van der Waals surface area contributed by atoms with Crippen LogP contribution in [0.5, 0.6) is 0 Å². The zero-order valence-corrected chi connectivity index (χ0v) is 20.0. The summed E-state index contributed by atoms with van der Waals surface area (Å²) < 4.78 is 4.13. The van der Waals surface area contributed by atoms with Crippen LogP contribution in [0.2, 0.25) is 0 Å². The van der Waals surface area contributed by atoms with Gasteiger partial charge in [0.1, 0.15) is 0 Å². The van der Waals surface area contributed by atoms with Crippen molar-refractivity contribution in [3.8, 4) is 0 Å². The van der Waals surface area contributed by atoms with E-state index in [1.165, 1.54) is 30.3 Å². The van der Waals surface area contributed by atoms with Crippen molar-refractivity contribution in [2.24, 2.45) is 0 Å². The summed E-state index contributed by atoms with van der Waals surface area (Å²) in [5.41, 5.74) is 0. The average Bonchev–Trinajstić information content (AvgIpc) is 3.34. The van der Waals surface area contributed by atoms with Crippen molar-refractivity contribution in [1.29, 1.82) is 0 Å². The topological polar surface area (TPSA) is 0 Å². The van der Waals surface area contributed by atoms with Crippen molar-refractivity contribution in [2.75, 3.05) is 25.0 Å². The Morgan fingerprint density at radius 1 is 0.536 bits per heavy atom. The van der Waals surface area contributed by atoms with E-state index in [1.807, 2.05) is 36.4 Å². The summed E-state index contributed by atoms with van der Waals surface area (Å²) in [5, 5.41) is 6.22. The first-order chi connectivity index (χ1) is 13.7. The molecule has 0 nitrogen and oxygen atoms in total. The molecule has 0 aliphatic heterocycles. The van der Waals surface area contributed by atoms with E-state index in [4.69, 9.17) is 0 Å². The molecule has 0 fully saturated rings. The highest BCUT2D eigenvalue weighted by Gasteiger charge is 2.01. The zero-order chi connectivity index (χ0) is 20.2. The lowest BCUT2D eigenvalue weighted by atomic mass is 10.2. The lowest BCUT2D eigenvalue weighted by Crippen LogP contribution is -1.62. The van der Waals surface area contributed by atoms with E-state index < -0.39 is 0 Å². The van der Waals surface area contributed by atoms with Crippen LogP contribution in [0.1, 0.15) is 0 Å². The van der Waals surface area contributed by atoms with Crippen LogP contribution in [-0.4, -0.2) is 25.0 Å². The highest BCUT2D eigenvalue weighted by molar-refractivity contribution is 7.98. The maximum atomic E-state index is 2.19. The SMILES string of the molecule is CSC.CSC.c1ccc2c(c1)sc1ccccc12.c1ccc2sccc2c1. The van der Waals surface area contributed by atoms with Gasteiger partial charge in [0.05, 0.1) is 0 Å². The van der Waals surface area contributed by atoms with E-state index in [9.17, 15) is 0 Å². The Labute approximate surface area is 185 Å². The molecule has 5 rings (SSSR count). The van der Waals surface area contributed by atoms with Crippen LogP contribution in [0.4, 0.5) is 0 Å². The molecule has 4 heteroatoms. The van der Waals surface area contributed by atoms with Crippen molar-refractivity contribution in [3.63, 3.8) is 0 Å². The lowest BCUT2D eigenvalue weighted by Gasteiger charge is -1.88. The molecular weight excluding hydrogens is 417 g/mol. The minimum Gasteiger partial charge on any atom is -0.169 e. The molecule has 0 radical (unpaired) electrons. The molecule has 2 aromatic heterocycles. The van der Waals surface area contributed by atoms with Crippen LogP contribution in [0, 0.1) is 0 Å². The fourth-order valence-electron chi connectivity index (χ4n) is 2.58. The minimum atomic E-state index is 1.35. The third kappa shape index (κ3) is 6.56. The van der Waals surface area contributed by atoms with Crippen LogP contribution in [0.3, 0.4) is 0 Å². The standard InChI is InChI=1S/C12H8S.C8H6S.2C2H6S/c1-3-7-11-9(5-1)10-6-2-4-8-12(10)13-11;1-2-4-8-7(3-1)5-6-9-8;2*1-3-2/h1-8H;1-6H;2*1-2H3. The van der Waals surface area contributed by atoms with Gasteiger partial charge >= 0.3 is 0 Å².